The SMILES string of the molecule is C[Si](C(C)(C)C)C(C)(C)C.C[Si](C(C)(C)C)C(C)(C)C.C[Si](C(C)(C)C)C(C)(C)C.[Ge]. The normalized spacial score (nSPS) is 13.9. The molecule has 31 heavy (non-hydrogen) atoms. The molecule has 0 aliphatic heterocycles. The van der Waals surface area contributed by atoms with E-state index in [4.69, 9.17) is 0 Å². The van der Waals surface area contributed by atoms with Crippen LogP contribution in [0.1, 0.15) is 125 Å². The fourth-order valence-electron chi connectivity index (χ4n) is 3.38. The average molecular weight is 545 g/mol. The van der Waals surface area contributed by atoms with Crippen molar-refractivity contribution in [2.24, 2.45) is 0 Å². The fraction of sp³-hybridized carbons (Fsp3) is 1.00. The van der Waals surface area contributed by atoms with E-state index in [0.717, 1.165) is 0 Å². The quantitative estimate of drug-likeness (QED) is 0.266. The predicted octanol–water partition coefficient (Wildman–Crippen LogP) is 10.8. The van der Waals surface area contributed by atoms with Crippen molar-refractivity contribution >= 4 is 44.0 Å². The molecule has 0 nitrogen and oxygen atoms in total. The van der Waals surface area contributed by atoms with Gasteiger partial charge in [0.2, 0.25) is 0 Å². The third-order valence-electron chi connectivity index (χ3n) is 6.75. The van der Waals surface area contributed by atoms with Crippen molar-refractivity contribution in [2.75, 3.05) is 0 Å². The third-order valence-corrected chi connectivity index (χ3v) is 20.2. The van der Waals surface area contributed by atoms with E-state index in [1.807, 2.05) is 0 Å². The Morgan fingerprint density at radius 2 is 0.323 bits per heavy atom. The van der Waals surface area contributed by atoms with Crippen LogP contribution in [-0.2, 0) is 0 Å². The van der Waals surface area contributed by atoms with E-state index in [9.17, 15) is 0 Å². The zero-order valence-electron chi connectivity index (χ0n) is 26.0. The van der Waals surface area contributed by atoms with Gasteiger partial charge in [0.1, 0.15) is 0 Å². The van der Waals surface area contributed by atoms with Crippen molar-refractivity contribution in [1.82, 2.24) is 0 Å². The summed E-state index contributed by atoms with van der Waals surface area (Å²) in [7, 11) is -0.662. The van der Waals surface area contributed by atoms with Crippen LogP contribution in [0.4, 0.5) is 0 Å². The first-order chi connectivity index (χ1) is 12.5. The summed E-state index contributed by atoms with van der Waals surface area (Å²) in [5.74, 6) is 0. The first-order valence-electron chi connectivity index (χ1n) is 12.0. The molecule has 7 radical (unpaired) electrons. The standard InChI is InChI=1S/3C9H21Si.Ge/c3*1-8(2,3)10(7)9(4,5)6;/h3*1-7H3;. The molecule has 0 rings (SSSR count). The van der Waals surface area contributed by atoms with Crippen LogP contribution in [0.3, 0.4) is 0 Å². The van der Waals surface area contributed by atoms with Gasteiger partial charge in [-0.3, -0.25) is 0 Å². The van der Waals surface area contributed by atoms with Crippen molar-refractivity contribution < 1.29 is 0 Å². The summed E-state index contributed by atoms with van der Waals surface area (Å²) >= 11 is 0. The maximum Gasteiger partial charge on any atom is 0.0561 e. The van der Waals surface area contributed by atoms with E-state index < -0.39 is 0 Å². The van der Waals surface area contributed by atoms with Crippen LogP contribution in [0, 0.1) is 0 Å². The van der Waals surface area contributed by atoms with Crippen LogP contribution in [0.15, 0.2) is 0 Å². The first kappa shape index (κ1) is 39.4. The molecule has 0 N–H and O–H groups in total. The zero-order chi connectivity index (χ0) is 25.7. The third kappa shape index (κ3) is 19.2. The molecule has 0 unspecified atom stereocenters. The minimum Gasteiger partial charge on any atom is -0.0703 e. The summed E-state index contributed by atoms with van der Waals surface area (Å²) in [6.45, 7) is 49.7. The van der Waals surface area contributed by atoms with Gasteiger partial charge in [-0.2, -0.15) is 0 Å². The van der Waals surface area contributed by atoms with Crippen molar-refractivity contribution in [3.05, 3.63) is 0 Å². The fourth-order valence-corrected chi connectivity index (χ4v) is 10.1. The van der Waals surface area contributed by atoms with Gasteiger partial charge in [-0.05, 0) is 30.2 Å². The number of hydrogen-bond acceptors (Lipinski definition) is 0. The molecule has 0 heterocycles. The smallest absolute Gasteiger partial charge is 0.0561 e. The van der Waals surface area contributed by atoms with Crippen LogP contribution in [0.25, 0.3) is 0 Å². The van der Waals surface area contributed by atoms with E-state index in [-0.39, 0.29) is 44.0 Å². The average Bonchev–Trinajstić information content (AvgIpc) is 2.40. The van der Waals surface area contributed by atoms with Crippen molar-refractivity contribution in [1.29, 1.82) is 0 Å². The first-order valence-corrected chi connectivity index (χ1v) is 18.0. The molecule has 0 aromatic heterocycles. The summed E-state index contributed by atoms with van der Waals surface area (Å²) < 4.78 is 0. The van der Waals surface area contributed by atoms with Crippen LogP contribution < -0.4 is 0 Å². The Bertz CT molecular complexity index is 344. The Morgan fingerprint density at radius 3 is 0.323 bits per heavy atom. The van der Waals surface area contributed by atoms with Gasteiger partial charge in [-0.25, -0.2) is 0 Å². The van der Waals surface area contributed by atoms with Crippen LogP contribution >= 0.6 is 0 Å². The molecule has 4 heteroatoms. The minimum atomic E-state index is -0.221. The van der Waals surface area contributed by atoms with E-state index in [2.05, 4.69) is 144 Å². The molecule has 0 amide bonds. The van der Waals surface area contributed by atoms with Gasteiger partial charge in [0, 0.05) is 17.6 Å². The van der Waals surface area contributed by atoms with E-state index in [1.54, 1.807) is 0 Å². The van der Waals surface area contributed by atoms with Gasteiger partial charge in [-0.1, -0.05) is 144 Å². The van der Waals surface area contributed by atoms with Gasteiger partial charge in [0.15, 0.2) is 0 Å². The Balaban J connectivity index is -0.000000174. The summed E-state index contributed by atoms with van der Waals surface area (Å²) in [6.07, 6.45) is 0. The zero-order valence-corrected chi connectivity index (χ0v) is 31.1. The minimum absolute atomic E-state index is 0. The molecule has 0 saturated carbocycles. The molecule has 0 atom stereocenters. The largest absolute Gasteiger partial charge is 0.0703 e. The van der Waals surface area contributed by atoms with Gasteiger partial charge in [0.25, 0.3) is 0 Å². The van der Waals surface area contributed by atoms with Gasteiger partial charge in [-0.15, -0.1) is 0 Å². The van der Waals surface area contributed by atoms with Crippen molar-refractivity contribution in [3.63, 3.8) is 0 Å². The molecule has 0 aromatic carbocycles. The summed E-state index contributed by atoms with van der Waals surface area (Å²) in [4.78, 5) is 0. The Labute approximate surface area is 217 Å². The van der Waals surface area contributed by atoms with Crippen molar-refractivity contribution in [2.45, 2.75) is 174 Å². The van der Waals surface area contributed by atoms with E-state index in [1.165, 1.54) is 0 Å². The molecular weight excluding hydrogens is 481 g/mol. The van der Waals surface area contributed by atoms with Crippen LogP contribution in [0.2, 0.25) is 49.9 Å². The molecule has 0 bridgehead atoms. The van der Waals surface area contributed by atoms with E-state index >= 15 is 0 Å². The maximum absolute atomic E-state index is 2.44. The van der Waals surface area contributed by atoms with Gasteiger partial charge < -0.3 is 0 Å². The van der Waals surface area contributed by atoms with Gasteiger partial charge in [0.05, 0.1) is 26.4 Å². The molecule has 0 saturated heterocycles. The Hall–Kier alpha value is 1.19. The maximum atomic E-state index is 2.44. The predicted molar refractivity (Wildman–Crippen MR) is 159 cm³/mol. The second-order valence-electron chi connectivity index (χ2n) is 15.4. The van der Waals surface area contributed by atoms with E-state index in [0.29, 0.717) is 30.2 Å². The summed E-state index contributed by atoms with van der Waals surface area (Å²) in [5, 5.41) is 3.27. The topological polar surface area (TPSA) is 0 Å². The summed E-state index contributed by atoms with van der Waals surface area (Å²) in [6, 6.07) is 0. The number of hydrogen-bond donors (Lipinski definition) is 0. The molecule has 0 aromatic rings. The molecule has 0 aliphatic rings. The second kappa shape index (κ2) is 13.3. The Morgan fingerprint density at radius 1 is 0.258 bits per heavy atom. The molecule has 0 fully saturated rings. The monoisotopic (exact) mass is 545 g/mol. The molecular formula is C27H63GeSi3. The van der Waals surface area contributed by atoms with Crippen molar-refractivity contribution in [3.8, 4) is 0 Å². The van der Waals surface area contributed by atoms with Crippen LogP contribution in [0.5, 0.6) is 0 Å². The molecule has 187 valence electrons. The number of rotatable bonds is 0. The Kier molecular flexibility index (Phi) is 16.9. The second-order valence-corrected chi connectivity index (χ2v) is 28.1. The van der Waals surface area contributed by atoms with Gasteiger partial charge >= 0.3 is 0 Å². The molecule has 0 aliphatic carbocycles. The van der Waals surface area contributed by atoms with Crippen LogP contribution in [-0.4, -0.2) is 44.0 Å². The molecule has 0 spiro atoms. The summed E-state index contributed by atoms with van der Waals surface area (Å²) in [5.41, 5.74) is 0.